The highest BCUT2D eigenvalue weighted by molar-refractivity contribution is 9.10. The van der Waals surface area contributed by atoms with Crippen LogP contribution in [0.1, 0.15) is 24.8 Å². The van der Waals surface area contributed by atoms with Gasteiger partial charge in [0.1, 0.15) is 11.6 Å². The summed E-state index contributed by atoms with van der Waals surface area (Å²) in [5, 5.41) is 3.11. The van der Waals surface area contributed by atoms with Gasteiger partial charge in [-0.1, -0.05) is 6.42 Å². The first kappa shape index (κ1) is 12.0. The van der Waals surface area contributed by atoms with Crippen LogP contribution in [0.3, 0.4) is 0 Å². The van der Waals surface area contributed by atoms with Crippen molar-refractivity contribution in [2.75, 3.05) is 6.54 Å². The van der Waals surface area contributed by atoms with Crippen molar-refractivity contribution in [2.24, 2.45) is 5.92 Å². The molecular formula is C12H14BrF2N. The smallest absolute Gasteiger partial charge is 0.144 e. The van der Waals surface area contributed by atoms with Gasteiger partial charge < -0.3 is 5.32 Å². The van der Waals surface area contributed by atoms with Crippen molar-refractivity contribution in [1.82, 2.24) is 5.32 Å². The Morgan fingerprint density at radius 1 is 1.31 bits per heavy atom. The van der Waals surface area contributed by atoms with Crippen molar-refractivity contribution in [3.8, 4) is 0 Å². The number of hydrogen-bond acceptors (Lipinski definition) is 1. The highest BCUT2D eigenvalue weighted by Gasteiger charge is 2.17. The molecule has 0 aromatic heterocycles. The van der Waals surface area contributed by atoms with Crippen LogP contribution < -0.4 is 5.32 Å². The van der Waals surface area contributed by atoms with E-state index in [0.717, 1.165) is 6.54 Å². The molecule has 0 bridgehead atoms. The molecule has 0 amide bonds. The second kappa shape index (κ2) is 5.23. The van der Waals surface area contributed by atoms with Gasteiger partial charge in [-0.3, -0.25) is 0 Å². The molecule has 1 aliphatic carbocycles. The standard InChI is InChI=1S/C12H14BrF2N/c13-10-4-5-11(14)9(12(10)15)7-16-6-8-2-1-3-8/h4-5,8,16H,1-3,6-7H2. The van der Waals surface area contributed by atoms with Crippen molar-refractivity contribution in [2.45, 2.75) is 25.8 Å². The van der Waals surface area contributed by atoms with Crippen LogP contribution in [0, 0.1) is 17.6 Å². The molecule has 1 aromatic rings. The van der Waals surface area contributed by atoms with Crippen molar-refractivity contribution in [3.63, 3.8) is 0 Å². The van der Waals surface area contributed by atoms with Gasteiger partial charge in [0.05, 0.1) is 4.47 Å². The lowest BCUT2D eigenvalue weighted by Crippen LogP contribution is -2.27. The minimum atomic E-state index is -0.499. The maximum Gasteiger partial charge on any atom is 0.144 e. The third kappa shape index (κ3) is 2.61. The third-order valence-corrected chi connectivity index (χ3v) is 3.71. The summed E-state index contributed by atoms with van der Waals surface area (Å²) in [7, 11) is 0. The Hall–Kier alpha value is -0.480. The van der Waals surface area contributed by atoms with Crippen LogP contribution in [0.2, 0.25) is 0 Å². The molecule has 0 aliphatic heterocycles. The Balaban J connectivity index is 1.94. The molecule has 0 heterocycles. The number of hydrogen-bond donors (Lipinski definition) is 1. The molecule has 0 saturated heterocycles. The average molecular weight is 290 g/mol. The Kier molecular flexibility index (Phi) is 3.92. The fourth-order valence-electron chi connectivity index (χ4n) is 1.83. The zero-order chi connectivity index (χ0) is 11.5. The minimum Gasteiger partial charge on any atom is -0.312 e. The van der Waals surface area contributed by atoms with E-state index in [9.17, 15) is 8.78 Å². The predicted octanol–water partition coefficient (Wildman–Crippen LogP) is 3.62. The van der Waals surface area contributed by atoms with E-state index < -0.39 is 11.6 Å². The molecule has 1 aliphatic rings. The lowest BCUT2D eigenvalue weighted by Gasteiger charge is -2.25. The van der Waals surface area contributed by atoms with Gasteiger partial charge in [-0.25, -0.2) is 8.78 Å². The molecule has 0 atom stereocenters. The maximum atomic E-state index is 13.6. The van der Waals surface area contributed by atoms with Crippen LogP contribution in [-0.4, -0.2) is 6.54 Å². The first-order valence-electron chi connectivity index (χ1n) is 5.51. The Labute approximate surface area is 102 Å². The molecular weight excluding hydrogens is 276 g/mol. The van der Waals surface area contributed by atoms with Crippen molar-refractivity contribution in [1.29, 1.82) is 0 Å². The molecule has 1 aromatic carbocycles. The second-order valence-corrected chi connectivity index (χ2v) is 5.10. The van der Waals surface area contributed by atoms with Gasteiger partial charge in [0.15, 0.2) is 0 Å². The number of nitrogens with one attached hydrogen (secondary N) is 1. The van der Waals surface area contributed by atoms with Gasteiger partial charge in [-0.15, -0.1) is 0 Å². The maximum absolute atomic E-state index is 13.6. The molecule has 1 N–H and O–H groups in total. The second-order valence-electron chi connectivity index (χ2n) is 4.25. The van der Waals surface area contributed by atoms with Gasteiger partial charge >= 0.3 is 0 Å². The third-order valence-electron chi connectivity index (χ3n) is 3.10. The van der Waals surface area contributed by atoms with Crippen LogP contribution in [0.15, 0.2) is 16.6 Å². The zero-order valence-electron chi connectivity index (χ0n) is 8.90. The first-order valence-corrected chi connectivity index (χ1v) is 6.31. The van der Waals surface area contributed by atoms with Gasteiger partial charge in [-0.2, -0.15) is 0 Å². The molecule has 4 heteroatoms. The Morgan fingerprint density at radius 2 is 2.06 bits per heavy atom. The lowest BCUT2D eigenvalue weighted by atomic mass is 9.85. The summed E-state index contributed by atoms with van der Waals surface area (Å²) in [5.74, 6) is -0.291. The monoisotopic (exact) mass is 289 g/mol. The molecule has 0 spiro atoms. The molecule has 2 rings (SSSR count). The highest BCUT2D eigenvalue weighted by atomic mass is 79.9. The topological polar surface area (TPSA) is 12.0 Å². The van der Waals surface area contributed by atoms with Crippen LogP contribution in [0.5, 0.6) is 0 Å². The molecule has 1 saturated carbocycles. The van der Waals surface area contributed by atoms with Gasteiger partial charge in [0.2, 0.25) is 0 Å². The lowest BCUT2D eigenvalue weighted by molar-refractivity contribution is 0.300. The van der Waals surface area contributed by atoms with E-state index in [2.05, 4.69) is 21.2 Å². The average Bonchev–Trinajstić information content (AvgIpc) is 2.20. The van der Waals surface area contributed by atoms with Crippen LogP contribution in [-0.2, 0) is 6.54 Å². The van der Waals surface area contributed by atoms with Crippen LogP contribution in [0.4, 0.5) is 8.78 Å². The summed E-state index contributed by atoms with van der Waals surface area (Å²) in [4.78, 5) is 0. The number of benzene rings is 1. The van der Waals surface area contributed by atoms with E-state index >= 15 is 0 Å². The summed E-state index contributed by atoms with van der Waals surface area (Å²) >= 11 is 3.06. The quantitative estimate of drug-likeness (QED) is 0.835. The van der Waals surface area contributed by atoms with Gasteiger partial charge in [-0.05, 0) is 53.4 Å². The number of halogens is 3. The molecule has 1 nitrogen and oxygen atoms in total. The Bertz CT molecular complexity index is 378. The summed E-state index contributed by atoms with van der Waals surface area (Å²) in [6, 6.07) is 2.67. The van der Waals surface area contributed by atoms with E-state index in [1.165, 1.54) is 31.4 Å². The van der Waals surface area contributed by atoms with E-state index in [4.69, 9.17) is 0 Å². The molecule has 1 fully saturated rings. The molecule has 0 unspecified atom stereocenters. The Morgan fingerprint density at radius 3 is 2.69 bits per heavy atom. The van der Waals surface area contributed by atoms with Crippen LogP contribution in [0.25, 0.3) is 0 Å². The summed E-state index contributed by atoms with van der Waals surface area (Å²) in [6.07, 6.45) is 3.75. The van der Waals surface area contributed by atoms with E-state index in [-0.39, 0.29) is 12.1 Å². The predicted molar refractivity (Wildman–Crippen MR) is 63.1 cm³/mol. The van der Waals surface area contributed by atoms with Crippen molar-refractivity contribution in [3.05, 3.63) is 33.8 Å². The molecule has 0 radical (unpaired) electrons. The minimum absolute atomic E-state index is 0.119. The number of rotatable bonds is 4. The molecule has 88 valence electrons. The summed E-state index contributed by atoms with van der Waals surface area (Å²) in [5.41, 5.74) is 0.119. The first-order chi connectivity index (χ1) is 7.68. The van der Waals surface area contributed by atoms with E-state index in [1.807, 2.05) is 0 Å². The zero-order valence-corrected chi connectivity index (χ0v) is 10.5. The summed E-state index contributed by atoms with van der Waals surface area (Å²) < 4.78 is 27.2. The van der Waals surface area contributed by atoms with Crippen LogP contribution >= 0.6 is 15.9 Å². The fraction of sp³-hybridized carbons (Fsp3) is 0.500. The largest absolute Gasteiger partial charge is 0.312 e. The normalized spacial score (nSPS) is 16.2. The van der Waals surface area contributed by atoms with E-state index in [1.54, 1.807) is 0 Å². The van der Waals surface area contributed by atoms with E-state index in [0.29, 0.717) is 10.4 Å². The van der Waals surface area contributed by atoms with Crippen molar-refractivity contribution < 1.29 is 8.78 Å². The van der Waals surface area contributed by atoms with Gasteiger partial charge in [0.25, 0.3) is 0 Å². The molecule has 16 heavy (non-hydrogen) atoms. The van der Waals surface area contributed by atoms with Crippen molar-refractivity contribution >= 4 is 15.9 Å². The highest BCUT2D eigenvalue weighted by Crippen LogP contribution is 2.26. The fourth-order valence-corrected chi connectivity index (χ4v) is 2.20. The SMILES string of the molecule is Fc1ccc(Br)c(F)c1CNCC1CCC1. The van der Waals surface area contributed by atoms with Gasteiger partial charge in [0, 0.05) is 12.1 Å². The summed E-state index contributed by atoms with van der Waals surface area (Å²) in [6.45, 7) is 1.11.